The van der Waals surface area contributed by atoms with Crippen molar-refractivity contribution in [2.45, 2.75) is 19.4 Å². The molecule has 0 amide bonds. The van der Waals surface area contributed by atoms with Crippen molar-refractivity contribution in [1.29, 1.82) is 0 Å². The predicted molar refractivity (Wildman–Crippen MR) is 76.6 cm³/mol. The van der Waals surface area contributed by atoms with E-state index in [0.717, 1.165) is 59.0 Å². The lowest BCUT2D eigenvalue weighted by Gasteiger charge is -2.27. The van der Waals surface area contributed by atoms with Crippen LogP contribution >= 0.6 is 0 Å². The van der Waals surface area contributed by atoms with Gasteiger partial charge in [-0.05, 0) is 13.0 Å². The Morgan fingerprint density at radius 3 is 2.63 bits per heavy atom. The molecule has 1 saturated heterocycles. The molecule has 1 aliphatic rings. The zero-order valence-corrected chi connectivity index (χ0v) is 12.7. The Bertz CT molecular complexity index is 217. The van der Waals surface area contributed by atoms with Crippen molar-refractivity contribution in [3.63, 3.8) is 0 Å². The SMILES string of the molecule is CCNC1COCC1CN(CCCOC)CCOC. The van der Waals surface area contributed by atoms with Crippen LogP contribution in [0.3, 0.4) is 0 Å². The summed E-state index contributed by atoms with van der Waals surface area (Å²) >= 11 is 0. The van der Waals surface area contributed by atoms with E-state index in [2.05, 4.69) is 17.1 Å². The van der Waals surface area contributed by atoms with Crippen LogP contribution < -0.4 is 5.32 Å². The quantitative estimate of drug-likeness (QED) is 0.559. The second kappa shape index (κ2) is 10.6. The molecule has 1 fully saturated rings. The van der Waals surface area contributed by atoms with Crippen LogP contribution in [-0.2, 0) is 14.2 Å². The first-order valence-electron chi connectivity index (χ1n) is 7.33. The van der Waals surface area contributed by atoms with E-state index in [1.54, 1.807) is 14.2 Å². The Kier molecular flexibility index (Phi) is 9.38. The van der Waals surface area contributed by atoms with E-state index >= 15 is 0 Å². The van der Waals surface area contributed by atoms with Crippen molar-refractivity contribution < 1.29 is 14.2 Å². The van der Waals surface area contributed by atoms with Gasteiger partial charge in [-0.1, -0.05) is 6.92 Å². The van der Waals surface area contributed by atoms with Crippen LogP contribution in [0.5, 0.6) is 0 Å². The van der Waals surface area contributed by atoms with Crippen molar-refractivity contribution in [1.82, 2.24) is 10.2 Å². The molecule has 5 nitrogen and oxygen atoms in total. The van der Waals surface area contributed by atoms with E-state index in [1.807, 2.05) is 0 Å². The first kappa shape index (κ1) is 16.9. The predicted octanol–water partition coefficient (Wildman–Crippen LogP) is 0.596. The molecular weight excluding hydrogens is 244 g/mol. The van der Waals surface area contributed by atoms with Crippen molar-refractivity contribution >= 4 is 0 Å². The minimum absolute atomic E-state index is 0.498. The second-order valence-electron chi connectivity index (χ2n) is 5.10. The molecule has 0 spiro atoms. The largest absolute Gasteiger partial charge is 0.385 e. The fourth-order valence-corrected chi connectivity index (χ4v) is 2.55. The van der Waals surface area contributed by atoms with Gasteiger partial charge in [0.05, 0.1) is 19.8 Å². The van der Waals surface area contributed by atoms with Gasteiger partial charge >= 0.3 is 0 Å². The topological polar surface area (TPSA) is 43.0 Å². The highest BCUT2D eigenvalue weighted by atomic mass is 16.5. The summed E-state index contributed by atoms with van der Waals surface area (Å²) in [5, 5.41) is 3.52. The van der Waals surface area contributed by atoms with E-state index in [0.29, 0.717) is 12.0 Å². The third-order valence-electron chi connectivity index (χ3n) is 3.59. The maximum absolute atomic E-state index is 5.61. The van der Waals surface area contributed by atoms with E-state index in [9.17, 15) is 0 Å². The zero-order valence-electron chi connectivity index (χ0n) is 12.7. The van der Waals surface area contributed by atoms with Crippen LogP contribution in [0.4, 0.5) is 0 Å². The van der Waals surface area contributed by atoms with Crippen LogP contribution in [0.15, 0.2) is 0 Å². The highest BCUT2D eigenvalue weighted by Crippen LogP contribution is 2.15. The number of hydrogen-bond acceptors (Lipinski definition) is 5. The molecule has 114 valence electrons. The molecule has 2 unspecified atom stereocenters. The van der Waals surface area contributed by atoms with E-state index in [1.165, 1.54) is 0 Å². The summed E-state index contributed by atoms with van der Waals surface area (Å²) in [7, 11) is 3.51. The van der Waals surface area contributed by atoms with Crippen LogP contribution in [0, 0.1) is 5.92 Å². The lowest BCUT2D eigenvalue weighted by atomic mass is 10.0. The molecule has 0 aliphatic carbocycles. The fraction of sp³-hybridized carbons (Fsp3) is 1.00. The van der Waals surface area contributed by atoms with Gasteiger partial charge < -0.3 is 24.4 Å². The average Bonchev–Trinajstić information content (AvgIpc) is 2.84. The summed E-state index contributed by atoms with van der Waals surface area (Å²) < 4.78 is 15.9. The first-order valence-corrected chi connectivity index (χ1v) is 7.33. The highest BCUT2D eigenvalue weighted by Gasteiger charge is 2.28. The van der Waals surface area contributed by atoms with E-state index in [4.69, 9.17) is 14.2 Å². The standard InChI is InChI=1S/C14H30N2O3/c1-4-15-14-12-19-11-13(14)10-16(7-9-18-3)6-5-8-17-2/h13-15H,4-12H2,1-3H3. The Labute approximate surface area is 117 Å². The number of nitrogens with one attached hydrogen (secondary N) is 1. The fourth-order valence-electron chi connectivity index (χ4n) is 2.55. The molecule has 1 aliphatic heterocycles. The van der Waals surface area contributed by atoms with Crippen LogP contribution in [0.25, 0.3) is 0 Å². The highest BCUT2D eigenvalue weighted by molar-refractivity contribution is 4.83. The Morgan fingerprint density at radius 2 is 1.95 bits per heavy atom. The van der Waals surface area contributed by atoms with Crippen molar-refractivity contribution in [3.8, 4) is 0 Å². The lowest BCUT2D eigenvalue weighted by Crippen LogP contribution is -2.43. The first-order chi connectivity index (χ1) is 9.31. The molecule has 5 heteroatoms. The van der Waals surface area contributed by atoms with Crippen LogP contribution in [-0.4, -0.2) is 77.8 Å². The maximum Gasteiger partial charge on any atom is 0.0623 e. The van der Waals surface area contributed by atoms with Gasteiger partial charge in [-0.15, -0.1) is 0 Å². The smallest absolute Gasteiger partial charge is 0.0623 e. The van der Waals surface area contributed by atoms with Gasteiger partial charge in [0.25, 0.3) is 0 Å². The third-order valence-corrected chi connectivity index (χ3v) is 3.59. The summed E-state index contributed by atoms with van der Waals surface area (Å²) in [5.74, 6) is 0.583. The number of hydrogen-bond donors (Lipinski definition) is 1. The summed E-state index contributed by atoms with van der Waals surface area (Å²) in [6.45, 7) is 9.59. The number of methoxy groups -OCH3 is 2. The Hall–Kier alpha value is -0.200. The normalized spacial score (nSPS) is 23.4. The molecule has 0 saturated carbocycles. The molecule has 0 bridgehead atoms. The Balaban J connectivity index is 2.35. The van der Waals surface area contributed by atoms with Gasteiger partial charge in [0, 0.05) is 52.4 Å². The van der Waals surface area contributed by atoms with E-state index in [-0.39, 0.29) is 0 Å². The Morgan fingerprint density at radius 1 is 1.16 bits per heavy atom. The van der Waals surface area contributed by atoms with Crippen molar-refractivity contribution in [2.24, 2.45) is 5.92 Å². The molecular formula is C14H30N2O3. The third kappa shape index (κ3) is 6.68. The van der Waals surface area contributed by atoms with Gasteiger partial charge in [0.2, 0.25) is 0 Å². The molecule has 0 aromatic rings. The summed E-state index contributed by atoms with van der Waals surface area (Å²) in [4.78, 5) is 2.46. The molecule has 1 rings (SSSR count). The van der Waals surface area contributed by atoms with Gasteiger partial charge in [-0.25, -0.2) is 0 Å². The molecule has 19 heavy (non-hydrogen) atoms. The molecule has 0 aromatic carbocycles. The summed E-state index contributed by atoms with van der Waals surface area (Å²) in [6, 6.07) is 0.498. The van der Waals surface area contributed by atoms with Crippen LogP contribution in [0.1, 0.15) is 13.3 Å². The average molecular weight is 274 g/mol. The monoisotopic (exact) mass is 274 g/mol. The minimum atomic E-state index is 0.498. The van der Waals surface area contributed by atoms with Gasteiger partial charge in [0.1, 0.15) is 0 Å². The number of rotatable bonds is 11. The van der Waals surface area contributed by atoms with Crippen molar-refractivity contribution in [2.75, 3.05) is 66.8 Å². The summed E-state index contributed by atoms with van der Waals surface area (Å²) in [5.41, 5.74) is 0. The minimum Gasteiger partial charge on any atom is -0.385 e. The van der Waals surface area contributed by atoms with E-state index < -0.39 is 0 Å². The van der Waals surface area contributed by atoms with Gasteiger partial charge in [0.15, 0.2) is 0 Å². The number of likely N-dealkylation sites (N-methyl/N-ethyl adjacent to an activating group) is 1. The van der Waals surface area contributed by atoms with Gasteiger partial charge in [-0.3, -0.25) is 0 Å². The summed E-state index contributed by atoms with van der Waals surface area (Å²) in [6.07, 6.45) is 1.07. The lowest BCUT2D eigenvalue weighted by molar-refractivity contribution is 0.115. The molecule has 1 heterocycles. The maximum atomic E-state index is 5.61. The zero-order chi connectivity index (χ0) is 13.9. The van der Waals surface area contributed by atoms with Crippen molar-refractivity contribution in [3.05, 3.63) is 0 Å². The number of nitrogens with zero attached hydrogens (tertiary/aromatic N) is 1. The molecule has 0 aromatic heterocycles. The number of ether oxygens (including phenoxy) is 3. The van der Waals surface area contributed by atoms with Gasteiger partial charge in [-0.2, -0.15) is 0 Å². The molecule has 2 atom stereocenters. The second-order valence-corrected chi connectivity index (χ2v) is 5.10. The van der Waals surface area contributed by atoms with Crippen LogP contribution in [0.2, 0.25) is 0 Å². The molecule has 0 radical (unpaired) electrons. The molecule has 1 N–H and O–H groups in total.